The molecule has 100 valence electrons. The number of aliphatic hydroxyl groups excluding tert-OH is 1. The third-order valence-electron chi connectivity index (χ3n) is 3.88. The highest BCUT2D eigenvalue weighted by Crippen LogP contribution is 2.40. The van der Waals surface area contributed by atoms with Crippen molar-refractivity contribution in [1.82, 2.24) is 15.1 Å². The molecule has 0 aliphatic carbocycles. The summed E-state index contributed by atoms with van der Waals surface area (Å²) in [7, 11) is 0. The van der Waals surface area contributed by atoms with Gasteiger partial charge in [0.2, 0.25) is 0 Å². The normalized spacial score (nSPS) is 26.3. The van der Waals surface area contributed by atoms with Gasteiger partial charge in [-0.1, -0.05) is 0 Å². The summed E-state index contributed by atoms with van der Waals surface area (Å²) in [5.74, 6) is -2.95. The molecule has 0 amide bonds. The van der Waals surface area contributed by atoms with E-state index in [1.165, 1.54) is 4.68 Å². The van der Waals surface area contributed by atoms with Gasteiger partial charge in [-0.2, -0.15) is 13.9 Å². The maximum Gasteiger partial charge on any atom is 0.289 e. The molecule has 2 aliphatic heterocycles. The summed E-state index contributed by atoms with van der Waals surface area (Å²) in [6, 6.07) is 0. The molecule has 0 bridgehead atoms. The van der Waals surface area contributed by atoms with E-state index in [0.717, 1.165) is 12.2 Å². The van der Waals surface area contributed by atoms with Crippen LogP contribution in [0, 0.1) is 5.92 Å². The van der Waals surface area contributed by atoms with Crippen molar-refractivity contribution in [3.63, 3.8) is 0 Å². The Hall–Kier alpha value is -1.01. The molecule has 6 heteroatoms. The molecule has 0 spiro atoms. The first-order valence-corrected chi connectivity index (χ1v) is 6.40. The van der Waals surface area contributed by atoms with Crippen LogP contribution in [0.5, 0.6) is 0 Å². The number of nitrogens with one attached hydrogen (secondary N) is 1. The summed E-state index contributed by atoms with van der Waals surface area (Å²) >= 11 is 0. The van der Waals surface area contributed by atoms with Crippen LogP contribution in [0.1, 0.15) is 29.8 Å². The molecule has 3 rings (SSSR count). The monoisotopic (exact) mass is 257 g/mol. The van der Waals surface area contributed by atoms with Gasteiger partial charge in [-0.3, -0.25) is 4.68 Å². The van der Waals surface area contributed by atoms with E-state index in [4.69, 9.17) is 0 Å². The number of aromatic nitrogens is 2. The molecular weight excluding hydrogens is 240 g/mol. The third-order valence-corrected chi connectivity index (χ3v) is 3.88. The minimum atomic E-state index is -2.83. The van der Waals surface area contributed by atoms with E-state index >= 15 is 0 Å². The summed E-state index contributed by atoms with van der Waals surface area (Å²) in [4.78, 5) is 0. The molecule has 18 heavy (non-hydrogen) atoms. The molecule has 0 radical (unpaired) electrons. The largest absolute Gasteiger partial charge is 0.396 e. The van der Waals surface area contributed by atoms with Crippen molar-refractivity contribution >= 4 is 0 Å². The fourth-order valence-corrected chi connectivity index (χ4v) is 2.89. The van der Waals surface area contributed by atoms with Crippen LogP contribution in [0.25, 0.3) is 0 Å². The van der Waals surface area contributed by atoms with Crippen LogP contribution in [0.2, 0.25) is 0 Å². The average molecular weight is 257 g/mol. The number of aliphatic hydroxyl groups is 1. The van der Waals surface area contributed by atoms with Crippen LogP contribution in [0.15, 0.2) is 0 Å². The van der Waals surface area contributed by atoms with Gasteiger partial charge < -0.3 is 10.4 Å². The van der Waals surface area contributed by atoms with Gasteiger partial charge in [-0.15, -0.1) is 0 Å². The van der Waals surface area contributed by atoms with Crippen LogP contribution in [-0.4, -0.2) is 28.0 Å². The number of nitrogens with zero attached hydrogens (tertiary/aromatic N) is 2. The summed E-state index contributed by atoms with van der Waals surface area (Å²) in [6.45, 7) is 1.61. The molecular formula is C12H17F2N3O. The topological polar surface area (TPSA) is 50.1 Å². The van der Waals surface area contributed by atoms with Crippen LogP contribution in [0.4, 0.5) is 8.78 Å². The zero-order chi connectivity index (χ0) is 12.8. The summed E-state index contributed by atoms with van der Waals surface area (Å²) in [5, 5.41) is 16.7. The molecule has 0 fully saturated rings. The Balaban J connectivity index is 2.08. The fourth-order valence-electron chi connectivity index (χ4n) is 2.89. The molecule has 3 heterocycles. The molecule has 0 saturated heterocycles. The first kappa shape index (κ1) is 12.0. The minimum absolute atomic E-state index is 0.0572. The predicted molar refractivity (Wildman–Crippen MR) is 61.3 cm³/mol. The molecule has 2 N–H and O–H groups in total. The van der Waals surface area contributed by atoms with Crippen LogP contribution < -0.4 is 5.32 Å². The van der Waals surface area contributed by atoms with Crippen LogP contribution >= 0.6 is 0 Å². The summed E-state index contributed by atoms with van der Waals surface area (Å²) < 4.78 is 29.9. The Labute approximate surface area is 104 Å². The molecule has 0 saturated carbocycles. The van der Waals surface area contributed by atoms with Gasteiger partial charge in [-0.25, -0.2) is 0 Å². The van der Waals surface area contributed by atoms with Gasteiger partial charge in [0.25, 0.3) is 5.92 Å². The molecule has 0 aromatic carbocycles. The highest BCUT2D eigenvalue weighted by molar-refractivity contribution is 5.32. The van der Waals surface area contributed by atoms with E-state index < -0.39 is 5.92 Å². The van der Waals surface area contributed by atoms with Crippen molar-refractivity contribution in [2.24, 2.45) is 5.92 Å². The maximum absolute atomic E-state index is 14.2. The Morgan fingerprint density at radius 2 is 2.33 bits per heavy atom. The second-order valence-corrected chi connectivity index (χ2v) is 5.17. The maximum atomic E-state index is 14.2. The lowest BCUT2D eigenvalue weighted by Gasteiger charge is -2.18. The SMILES string of the molecule is OC[C@@H]1CCC(F)(F)c2c3c(nn2C1)CCNC3. The van der Waals surface area contributed by atoms with Crippen molar-refractivity contribution in [2.75, 3.05) is 13.2 Å². The van der Waals surface area contributed by atoms with Gasteiger partial charge in [0.1, 0.15) is 5.69 Å². The highest BCUT2D eigenvalue weighted by Gasteiger charge is 2.42. The summed E-state index contributed by atoms with van der Waals surface area (Å²) in [5.41, 5.74) is 1.53. The third kappa shape index (κ3) is 1.83. The second kappa shape index (κ2) is 4.28. The van der Waals surface area contributed by atoms with E-state index in [1.54, 1.807) is 0 Å². The number of fused-ring (bicyclic) bond motifs is 3. The zero-order valence-electron chi connectivity index (χ0n) is 10.1. The Bertz CT molecular complexity index is 458. The number of hydrogen-bond donors (Lipinski definition) is 2. The van der Waals surface area contributed by atoms with Gasteiger partial charge in [0, 0.05) is 50.6 Å². The molecule has 1 aromatic heterocycles. The van der Waals surface area contributed by atoms with E-state index in [-0.39, 0.29) is 24.6 Å². The average Bonchev–Trinajstić information content (AvgIpc) is 2.67. The molecule has 1 aromatic rings. The Kier molecular flexibility index (Phi) is 2.86. The fraction of sp³-hybridized carbons (Fsp3) is 0.750. The van der Waals surface area contributed by atoms with Crippen molar-refractivity contribution in [1.29, 1.82) is 0 Å². The smallest absolute Gasteiger partial charge is 0.289 e. The van der Waals surface area contributed by atoms with Crippen molar-refractivity contribution in [2.45, 2.75) is 38.3 Å². The van der Waals surface area contributed by atoms with E-state index in [9.17, 15) is 13.9 Å². The van der Waals surface area contributed by atoms with Crippen molar-refractivity contribution in [3.8, 4) is 0 Å². The standard InChI is InChI=1S/C12H17F2N3O/c13-12(14)3-1-8(7-18)6-17-11(12)9-5-15-4-2-10(9)16-17/h8,15,18H,1-7H2/t8-/m1/s1. The molecule has 4 nitrogen and oxygen atoms in total. The van der Waals surface area contributed by atoms with Crippen LogP contribution in [0.3, 0.4) is 0 Å². The number of halogens is 2. The summed E-state index contributed by atoms with van der Waals surface area (Å²) in [6.07, 6.45) is 0.848. The number of hydrogen-bond acceptors (Lipinski definition) is 3. The molecule has 0 unspecified atom stereocenters. The zero-order valence-corrected chi connectivity index (χ0v) is 10.1. The number of rotatable bonds is 1. The van der Waals surface area contributed by atoms with Gasteiger partial charge >= 0.3 is 0 Å². The Morgan fingerprint density at radius 1 is 1.50 bits per heavy atom. The Morgan fingerprint density at radius 3 is 3.11 bits per heavy atom. The number of alkyl halides is 2. The lowest BCUT2D eigenvalue weighted by Crippen LogP contribution is -2.26. The van der Waals surface area contributed by atoms with Crippen LogP contribution in [-0.2, 0) is 25.4 Å². The molecule has 2 aliphatic rings. The van der Waals surface area contributed by atoms with Gasteiger partial charge in [-0.05, 0) is 6.42 Å². The van der Waals surface area contributed by atoms with E-state index in [1.807, 2.05) is 0 Å². The van der Waals surface area contributed by atoms with Crippen molar-refractivity contribution in [3.05, 3.63) is 17.0 Å². The first-order valence-electron chi connectivity index (χ1n) is 6.40. The van der Waals surface area contributed by atoms with E-state index in [2.05, 4.69) is 10.4 Å². The second-order valence-electron chi connectivity index (χ2n) is 5.17. The molecule has 1 atom stereocenters. The van der Waals surface area contributed by atoms with Gasteiger partial charge in [0.05, 0.1) is 5.69 Å². The van der Waals surface area contributed by atoms with Crippen molar-refractivity contribution < 1.29 is 13.9 Å². The quantitative estimate of drug-likeness (QED) is 0.790. The lowest BCUT2D eigenvalue weighted by molar-refractivity contribution is -0.0222. The highest BCUT2D eigenvalue weighted by atomic mass is 19.3. The lowest BCUT2D eigenvalue weighted by atomic mass is 9.99. The predicted octanol–water partition coefficient (Wildman–Crippen LogP) is 1.02. The van der Waals surface area contributed by atoms with Gasteiger partial charge in [0.15, 0.2) is 0 Å². The van der Waals surface area contributed by atoms with E-state index in [0.29, 0.717) is 31.5 Å². The minimum Gasteiger partial charge on any atom is -0.396 e. The first-order chi connectivity index (χ1) is 8.62.